The topological polar surface area (TPSA) is 134 Å². The predicted octanol–water partition coefficient (Wildman–Crippen LogP) is 26.0. The van der Waals surface area contributed by atoms with Gasteiger partial charge in [0, 0.05) is 19.4 Å². The maximum absolute atomic E-state index is 12.8. The number of carbonyl (C=O) groups excluding carboxylic acids is 2. The lowest BCUT2D eigenvalue weighted by molar-refractivity contribution is -0.161. The maximum atomic E-state index is 12.8. The zero-order valence-electron chi connectivity index (χ0n) is 61.2. The number of nitrogens with two attached hydrogens (primary N) is 1. The van der Waals surface area contributed by atoms with Crippen molar-refractivity contribution in [1.29, 1.82) is 0 Å². The van der Waals surface area contributed by atoms with Gasteiger partial charge < -0.3 is 20.1 Å². The molecular weight excluding hydrogens is 1220 g/mol. The molecule has 0 aliphatic rings. The number of ether oxygens (including phenoxy) is 2. The number of hydrogen-bond acceptors (Lipinski definition) is 8. The Morgan fingerprint density at radius 3 is 0.794 bits per heavy atom. The van der Waals surface area contributed by atoms with E-state index in [1.54, 1.807) is 0 Å². The van der Waals surface area contributed by atoms with Crippen molar-refractivity contribution in [1.82, 2.24) is 0 Å². The van der Waals surface area contributed by atoms with Crippen molar-refractivity contribution in [3.05, 3.63) is 219 Å². The van der Waals surface area contributed by atoms with Gasteiger partial charge in [-0.1, -0.05) is 335 Å². The van der Waals surface area contributed by atoms with Gasteiger partial charge in [0.2, 0.25) is 0 Å². The number of allylic oxidation sites excluding steroid dienone is 36. The standard InChI is InChI=1S/C87H138NO8P/c1-3-5-7-9-11-13-15-17-19-21-23-25-27-29-31-33-35-37-39-40-41-42-43-44-46-48-50-52-54-56-58-60-62-64-66-68-70-72-74-76-78-80-87(90)96-85(84-95-97(91,92)94-82-81-88)83-93-86(89)79-77-75-73-71-69-67-65-63-61-59-57-55-53-51-49-47-45-38-36-34-32-30-28-26-24-22-20-18-16-14-12-10-8-6-4-2/h5-8,11-14,17-20,23-26,29-32,35-38,40-41,43-44,47-50,54,56,60,62,85H,3-4,9-10,15-16,21-22,27-28,33-34,39,42,45-46,51-53,55,57-59,61,63-84,88H2,1-2H3,(H,91,92)/b7-5-,8-6-,13-11-,14-12-,19-17-,20-18-,25-23-,26-24-,31-29-,32-30-,37-35-,38-36-,41-40-,44-43-,49-47-,50-48-,56-54-,62-60-. The number of esters is 2. The molecule has 0 saturated carbocycles. The molecule has 0 aromatic carbocycles. The molecule has 10 heteroatoms. The van der Waals surface area contributed by atoms with Gasteiger partial charge in [0.15, 0.2) is 6.10 Å². The van der Waals surface area contributed by atoms with Gasteiger partial charge in [0.05, 0.1) is 13.2 Å². The molecule has 0 aromatic heterocycles. The van der Waals surface area contributed by atoms with E-state index in [0.29, 0.717) is 6.42 Å². The molecule has 0 rings (SSSR count). The summed E-state index contributed by atoms with van der Waals surface area (Å²) < 4.78 is 33.2. The van der Waals surface area contributed by atoms with Crippen LogP contribution in [0.15, 0.2) is 219 Å². The summed E-state index contributed by atoms with van der Waals surface area (Å²) in [6.45, 7) is 3.49. The first-order chi connectivity index (χ1) is 47.8. The highest BCUT2D eigenvalue weighted by Gasteiger charge is 2.26. The number of phosphoric acid groups is 1. The van der Waals surface area contributed by atoms with Crippen LogP contribution < -0.4 is 5.73 Å². The minimum absolute atomic E-state index is 0.0410. The van der Waals surface area contributed by atoms with E-state index in [1.165, 1.54) is 77.0 Å². The molecule has 0 aromatic rings. The minimum atomic E-state index is -4.42. The largest absolute Gasteiger partial charge is 0.472 e. The average Bonchev–Trinajstić information content (AvgIpc) is 2.57. The Morgan fingerprint density at radius 2 is 0.536 bits per heavy atom. The molecule has 3 N–H and O–H groups in total. The van der Waals surface area contributed by atoms with Crippen LogP contribution in [0.5, 0.6) is 0 Å². The molecule has 0 spiro atoms. The fourth-order valence-electron chi connectivity index (χ4n) is 9.80. The van der Waals surface area contributed by atoms with Crippen molar-refractivity contribution in [2.75, 3.05) is 26.4 Å². The smallest absolute Gasteiger partial charge is 0.462 e. The maximum Gasteiger partial charge on any atom is 0.472 e. The summed E-state index contributed by atoms with van der Waals surface area (Å²) >= 11 is 0. The Morgan fingerprint density at radius 1 is 0.309 bits per heavy atom. The van der Waals surface area contributed by atoms with Crippen LogP contribution in [-0.4, -0.2) is 49.3 Å². The zero-order valence-corrected chi connectivity index (χ0v) is 62.1. The summed E-state index contributed by atoms with van der Waals surface area (Å²) in [5, 5.41) is 0. The van der Waals surface area contributed by atoms with Crippen molar-refractivity contribution in [3.8, 4) is 0 Å². The van der Waals surface area contributed by atoms with Crippen molar-refractivity contribution in [3.63, 3.8) is 0 Å². The van der Waals surface area contributed by atoms with Gasteiger partial charge in [0.25, 0.3) is 0 Å². The molecule has 2 atom stereocenters. The molecule has 544 valence electrons. The van der Waals surface area contributed by atoms with Gasteiger partial charge in [-0.15, -0.1) is 0 Å². The molecule has 0 fully saturated rings. The van der Waals surface area contributed by atoms with Crippen LogP contribution in [0, 0.1) is 0 Å². The quantitative estimate of drug-likeness (QED) is 0.0264. The van der Waals surface area contributed by atoms with E-state index in [1.807, 2.05) is 0 Å². The summed E-state index contributed by atoms with van der Waals surface area (Å²) in [7, 11) is -4.42. The summed E-state index contributed by atoms with van der Waals surface area (Å²) in [6, 6.07) is 0. The molecule has 0 aliphatic carbocycles. The molecule has 2 unspecified atom stereocenters. The molecule has 97 heavy (non-hydrogen) atoms. The fraction of sp³-hybridized carbons (Fsp3) is 0.563. The second-order valence-electron chi connectivity index (χ2n) is 24.4. The van der Waals surface area contributed by atoms with Crippen LogP contribution in [0.1, 0.15) is 284 Å². The van der Waals surface area contributed by atoms with Gasteiger partial charge >= 0.3 is 19.8 Å². The third-order valence-electron chi connectivity index (χ3n) is 15.4. The number of hydrogen-bond donors (Lipinski definition) is 2. The summed E-state index contributed by atoms with van der Waals surface area (Å²) in [6.07, 6.45) is 123. The highest BCUT2D eigenvalue weighted by molar-refractivity contribution is 7.47. The van der Waals surface area contributed by atoms with E-state index in [9.17, 15) is 19.0 Å². The third kappa shape index (κ3) is 79.2. The first-order valence-electron chi connectivity index (χ1n) is 38.2. The van der Waals surface area contributed by atoms with Crippen molar-refractivity contribution >= 4 is 19.8 Å². The van der Waals surface area contributed by atoms with E-state index in [0.717, 1.165) is 173 Å². The van der Waals surface area contributed by atoms with E-state index >= 15 is 0 Å². The van der Waals surface area contributed by atoms with Crippen LogP contribution in [0.3, 0.4) is 0 Å². The lowest BCUT2D eigenvalue weighted by Gasteiger charge is -2.19. The van der Waals surface area contributed by atoms with Crippen LogP contribution in [0.25, 0.3) is 0 Å². The molecule has 0 heterocycles. The zero-order chi connectivity index (χ0) is 70.0. The van der Waals surface area contributed by atoms with Crippen LogP contribution in [0.2, 0.25) is 0 Å². The van der Waals surface area contributed by atoms with Gasteiger partial charge in [-0.2, -0.15) is 0 Å². The normalized spacial score (nSPS) is 14.1. The Bertz CT molecular complexity index is 2400. The summed E-state index contributed by atoms with van der Waals surface area (Å²) in [5.74, 6) is -0.852. The van der Waals surface area contributed by atoms with Crippen LogP contribution in [0.4, 0.5) is 0 Å². The van der Waals surface area contributed by atoms with Gasteiger partial charge in [-0.05, 0) is 154 Å². The molecule has 0 aliphatic heterocycles. The van der Waals surface area contributed by atoms with Crippen LogP contribution >= 0.6 is 7.82 Å². The molecule has 9 nitrogen and oxygen atoms in total. The minimum Gasteiger partial charge on any atom is -0.462 e. The second kappa shape index (κ2) is 79.3. The lowest BCUT2D eigenvalue weighted by Crippen LogP contribution is -2.29. The molecule has 0 bridgehead atoms. The van der Waals surface area contributed by atoms with Crippen molar-refractivity contribution < 1.29 is 37.6 Å². The van der Waals surface area contributed by atoms with E-state index < -0.39 is 32.5 Å². The number of carbonyl (C=O) groups is 2. The Balaban J connectivity index is 3.98. The Hall–Kier alpha value is -5.67. The Labute approximate surface area is 594 Å². The van der Waals surface area contributed by atoms with E-state index in [-0.39, 0.29) is 32.6 Å². The SMILES string of the molecule is CC/C=C\C/C=C\C/C=C\C/C=C\C/C=C\C/C=C\C/C=C\C/C=C\C/C=C\C/C=C\C/C=C\CCCCCCCCCC(=O)OC(COC(=O)CCCCCCCCCCCCCCC/C=C\C/C=C\C/C=C\C/C=C\C/C=C\C/C=C\C/C=C\CC)COP(=O)(O)OCCN. The predicted molar refractivity (Wildman–Crippen MR) is 421 cm³/mol. The van der Waals surface area contributed by atoms with E-state index in [2.05, 4.69) is 233 Å². The van der Waals surface area contributed by atoms with Gasteiger partial charge in [0.1, 0.15) is 6.61 Å². The van der Waals surface area contributed by atoms with Crippen molar-refractivity contribution in [2.24, 2.45) is 5.73 Å². The fourth-order valence-corrected chi connectivity index (χ4v) is 10.6. The lowest BCUT2D eigenvalue weighted by atomic mass is 10.0. The number of unbranched alkanes of at least 4 members (excludes halogenated alkanes) is 20. The summed E-state index contributed by atoms with van der Waals surface area (Å²) in [5.41, 5.74) is 5.41. The average molecular weight is 1360 g/mol. The Kier molecular flexibility index (Phi) is 74.7. The summed E-state index contributed by atoms with van der Waals surface area (Å²) in [4.78, 5) is 35.4. The molecule has 0 amide bonds. The third-order valence-corrected chi connectivity index (χ3v) is 16.3. The van der Waals surface area contributed by atoms with Crippen LogP contribution in [-0.2, 0) is 32.7 Å². The van der Waals surface area contributed by atoms with E-state index in [4.69, 9.17) is 24.3 Å². The first-order valence-corrected chi connectivity index (χ1v) is 39.7. The highest BCUT2D eigenvalue weighted by Crippen LogP contribution is 2.43. The van der Waals surface area contributed by atoms with Crippen molar-refractivity contribution in [2.45, 2.75) is 290 Å². The number of rotatable bonds is 69. The first kappa shape index (κ1) is 91.3. The molecule has 0 radical (unpaired) electrons. The van der Waals surface area contributed by atoms with Gasteiger partial charge in [-0.3, -0.25) is 18.6 Å². The highest BCUT2D eigenvalue weighted by atomic mass is 31.2. The second-order valence-corrected chi connectivity index (χ2v) is 25.9. The molecular formula is C87H138NO8P. The molecule has 0 saturated heterocycles. The number of phosphoric ester groups is 1. The van der Waals surface area contributed by atoms with Gasteiger partial charge in [-0.25, -0.2) is 4.57 Å². The monoisotopic (exact) mass is 1360 g/mol.